The molecule has 2 N–H and O–H groups in total. The van der Waals surface area contributed by atoms with Crippen LogP contribution >= 0.6 is 0 Å². The number of nitrogens with zero attached hydrogens (tertiary/aromatic N) is 6. The molecule has 0 aliphatic rings. The Morgan fingerprint density at radius 2 is 2.04 bits per heavy atom. The van der Waals surface area contributed by atoms with E-state index in [9.17, 15) is 9.59 Å². The van der Waals surface area contributed by atoms with Crippen LogP contribution in [0.4, 0.5) is 4.79 Å². The fourth-order valence-electron chi connectivity index (χ4n) is 2.19. The third-order valence-corrected chi connectivity index (χ3v) is 3.27. The highest BCUT2D eigenvalue weighted by molar-refractivity contribution is 5.92. The van der Waals surface area contributed by atoms with Crippen LogP contribution in [0.1, 0.15) is 55.9 Å². The van der Waals surface area contributed by atoms with Gasteiger partial charge >= 0.3 is 6.09 Å². The lowest BCUT2D eigenvalue weighted by molar-refractivity contribution is 0.0505. The van der Waals surface area contributed by atoms with Crippen molar-refractivity contribution >= 4 is 12.0 Å². The van der Waals surface area contributed by atoms with Crippen LogP contribution < -0.4 is 10.6 Å². The van der Waals surface area contributed by atoms with E-state index in [0.29, 0.717) is 17.5 Å². The molecular formula is C17H22N8O3. The molecule has 0 saturated carbocycles. The molecule has 2 heterocycles. The predicted octanol–water partition coefficient (Wildman–Crippen LogP) is 1.20. The maximum Gasteiger partial charge on any atom is 0.408 e. The largest absolute Gasteiger partial charge is 0.444 e. The third-order valence-electron chi connectivity index (χ3n) is 3.27. The van der Waals surface area contributed by atoms with Gasteiger partial charge in [-0.2, -0.15) is 9.94 Å². The summed E-state index contributed by atoms with van der Waals surface area (Å²) in [4.78, 5) is 36.4. The van der Waals surface area contributed by atoms with Crippen LogP contribution in [0.25, 0.3) is 5.82 Å². The molecule has 2 aromatic heterocycles. The van der Waals surface area contributed by atoms with Gasteiger partial charge in [0.05, 0.1) is 24.5 Å². The van der Waals surface area contributed by atoms with Gasteiger partial charge in [-0.1, -0.05) is 0 Å². The van der Waals surface area contributed by atoms with Gasteiger partial charge in [0.2, 0.25) is 0 Å². The van der Waals surface area contributed by atoms with E-state index in [1.54, 1.807) is 34.6 Å². The fourth-order valence-corrected chi connectivity index (χ4v) is 2.19. The Morgan fingerprint density at radius 3 is 2.61 bits per heavy atom. The molecule has 0 aromatic carbocycles. The summed E-state index contributed by atoms with van der Waals surface area (Å²) >= 11 is 0. The Kier molecular flexibility index (Phi) is 6.25. The maximum absolute atomic E-state index is 12.0. The fraction of sp³-hybridized carbons (Fsp3) is 0.471. The van der Waals surface area contributed by atoms with Gasteiger partial charge < -0.3 is 15.4 Å². The zero-order valence-corrected chi connectivity index (χ0v) is 16.3. The Labute approximate surface area is 162 Å². The number of aryl methyl sites for hydroxylation is 1. The molecule has 2 aromatic rings. The standard InChI is InChI=1S/C17H22N8O3/c1-10(22-16(27)28-17(3,4)5)14-23-11(2)24-25(14)13-9-20-12(8-21-13)15(26)19-7-6-18/h8-10H,7H2,1-5H3,(H,19,26)(H,22,27). The SMILES string of the molecule is Cc1nc(C(C)NC(=O)OC(C)(C)C)n(-c2cnc(C(=O)NCC#N)cn2)n1. The van der Waals surface area contributed by atoms with Gasteiger partial charge in [0.15, 0.2) is 11.6 Å². The van der Waals surface area contributed by atoms with Crippen molar-refractivity contribution in [2.75, 3.05) is 6.54 Å². The molecule has 2 rings (SSSR count). The van der Waals surface area contributed by atoms with Crippen LogP contribution in [0.3, 0.4) is 0 Å². The Bertz CT molecular complexity index is 893. The second-order valence-corrected chi connectivity index (χ2v) is 6.90. The minimum atomic E-state index is -0.624. The number of alkyl carbamates (subject to hydrolysis) is 1. The molecule has 0 bridgehead atoms. The van der Waals surface area contributed by atoms with Crippen LogP contribution in [-0.4, -0.2) is 48.9 Å². The van der Waals surface area contributed by atoms with Crippen molar-refractivity contribution in [3.8, 4) is 11.9 Å². The highest BCUT2D eigenvalue weighted by atomic mass is 16.6. The lowest BCUT2D eigenvalue weighted by Crippen LogP contribution is -2.35. The number of nitrogens with one attached hydrogen (secondary N) is 2. The molecule has 0 saturated heterocycles. The van der Waals surface area contributed by atoms with E-state index in [2.05, 4.69) is 30.7 Å². The van der Waals surface area contributed by atoms with Crippen molar-refractivity contribution in [2.45, 2.75) is 46.3 Å². The summed E-state index contributed by atoms with van der Waals surface area (Å²) in [7, 11) is 0. The molecule has 28 heavy (non-hydrogen) atoms. The summed E-state index contributed by atoms with van der Waals surface area (Å²) in [5.74, 6) is 0.727. The normalized spacial score (nSPS) is 12.0. The van der Waals surface area contributed by atoms with E-state index < -0.39 is 23.6 Å². The number of carbonyl (C=O) groups is 2. The van der Waals surface area contributed by atoms with Gasteiger partial charge in [-0.25, -0.2) is 19.7 Å². The molecule has 148 valence electrons. The van der Waals surface area contributed by atoms with Crippen LogP contribution in [-0.2, 0) is 4.74 Å². The highest BCUT2D eigenvalue weighted by Gasteiger charge is 2.22. The van der Waals surface area contributed by atoms with Crippen molar-refractivity contribution in [3.05, 3.63) is 29.7 Å². The first-order chi connectivity index (χ1) is 13.1. The van der Waals surface area contributed by atoms with E-state index in [1.807, 2.05) is 6.07 Å². The second-order valence-electron chi connectivity index (χ2n) is 6.90. The number of nitriles is 1. The summed E-state index contributed by atoms with van der Waals surface area (Å²) in [5.41, 5.74) is -0.557. The molecule has 1 unspecified atom stereocenters. The van der Waals surface area contributed by atoms with E-state index in [0.717, 1.165) is 0 Å². The van der Waals surface area contributed by atoms with Crippen molar-refractivity contribution in [2.24, 2.45) is 0 Å². The molecule has 0 spiro atoms. The monoisotopic (exact) mass is 386 g/mol. The van der Waals surface area contributed by atoms with Crippen molar-refractivity contribution in [1.82, 2.24) is 35.4 Å². The minimum Gasteiger partial charge on any atom is -0.444 e. The summed E-state index contributed by atoms with van der Waals surface area (Å²) < 4.78 is 6.69. The number of amides is 2. The second kappa shape index (κ2) is 8.43. The molecule has 0 radical (unpaired) electrons. The number of aromatic nitrogens is 5. The van der Waals surface area contributed by atoms with Crippen molar-refractivity contribution in [3.63, 3.8) is 0 Å². The zero-order valence-electron chi connectivity index (χ0n) is 16.3. The zero-order chi connectivity index (χ0) is 20.9. The number of hydrogen-bond donors (Lipinski definition) is 2. The smallest absolute Gasteiger partial charge is 0.408 e. The van der Waals surface area contributed by atoms with E-state index in [1.165, 1.54) is 17.1 Å². The first-order valence-corrected chi connectivity index (χ1v) is 8.51. The Hall–Kier alpha value is -3.55. The quantitative estimate of drug-likeness (QED) is 0.728. The summed E-state index contributed by atoms with van der Waals surface area (Å²) in [6.45, 7) is 8.64. The average Bonchev–Trinajstić information content (AvgIpc) is 3.00. The molecule has 0 aliphatic carbocycles. The topological polar surface area (TPSA) is 148 Å². The third kappa shape index (κ3) is 5.47. The lowest BCUT2D eigenvalue weighted by Gasteiger charge is -2.21. The van der Waals surface area contributed by atoms with Crippen molar-refractivity contribution < 1.29 is 14.3 Å². The van der Waals surface area contributed by atoms with Gasteiger partial charge in [-0.3, -0.25) is 4.79 Å². The molecule has 0 fully saturated rings. The van der Waals surface area contributed by atoms with Gasteiger partial charge in [-0.05, 0) is 34.6 Å². The minimum absolute atomic E-state index is 0.0670. The van der Waals surface area contributed by atoms with E-state index >= 15 is 0 Å². The average molecular weight is 386 g/mol. The molecule has 11 heteroatoms. The van der Waals surface area contributed by atoms with Crippen molar-refractivity contribution in [1.29, 1.82) is 5.26 Å². The molecule has 11 nitrogen and oxygen atoms in total. The molecule has 1 atom stereocenters. The first kappa shape index (κ1) is 20.8. The predicted molar refractivity (Wildman–Crippen MR) is 97.4 cm³/mol. The maximum atomic E-state index is 12.0. The number of carbonyl (C=O) groups excluding carboxylic acids is 2. The molecule has 2 amide bonds. The van der Waals surface area contributed by atoms with E-state index in [4.69, 9.17) is 10.00 Å². The van der Waals surface area contributed by atoms with Gasteiger partial charge in [0, 0.05) is 0 Å². The van der Waals surface area contributed by atoms with E-state index in [-0.39, 0.29) is 12.2 Å². The number of ether oxygens (including phenoxy) is 1. The lowest BCUT2D eigenvalue weighted by atomic mass is 10.2. The Balaban J connectivity index is 2.20. The number of hydrogen-bond acceptors (Lipinski definition) is 8. The summed E-state index contributed by atoms with van der Waals surface area (Å²) in [6, 6.07) is 1.29. The number of rotatable bonds is 5. The molecule has 0 aliphatic heterocycles. The van der Waals surface area contributed by atoms with Gasteiger partial charge in [0.1, 0.15) is 23.7 Å². The van der Waals surface area contributed by atoms with Crippen LogP contribution in [0, 0.1) is 18.3 Å². The van der Waals surface area contributed by atoms with Gasteiger partial charge in [-0.15, -0.1) is 5.10 Å². The molecular weight excluding hydrogens is 364 g/mol. The summed E-state index contributed by atoms with van der Waals surface area (Å²) in [5, 5.41) is 17.9. The summed E-state index contributed by atoms with van der Waals surface area (Å²) in [6.07, 6.45) is 2.05. The van der Waals surface area contributed by atoms with Crippen LogP contribution in [0.15, 0.2) is 12.4 Å². The first-order valence-electron chi connectivity index (χ1n) is 8.51. The van der Waals surface area contributed by atoms with Crippen LogP contribution in [0.2, 0.25) is 0 Å². The Morgan fingerprint density at radius 1 is 1.32 bits per heavy atom. The highest BCUT2D eigenvalue weighted by Crippen LogP contribution is 2.16. The van der Waals surface area contributed by atoms with Crippen LogP contribution in [0.5, 0.6) is 0 Å². The van der Waals surface area contributed by atoms with Gasteiger partial charge in [0.25, 0.3) is 5.91 Å².